The number of rotatable bonds is 47. The molecule has 0 aromatic rings. The molecule has 7 atom stereocenters. The standard InChI is InChI=1S/C62H105NO8/c1-3-5-7-9-11-13-15-17-19-21-23-24-25-26-27-28-29-30-31-32-34-36-38-40-42-44-46-48-50-52-58(66)63-55(54-70-62-61(69)60(68)59(67)57(53-64)71-62)56(65)51-49-47-45-43-41-39-37-35-33-22-20-18-16-14-12-10-8-6-4-2/h5,7,11,13,17,19,23-24,26-27,29-30,32,34,38,40,44,46,55-57,59-62,64-65,67-69H,3-4,6,8-10,12,14-16,18,20-22,25,28,31,33,35-37,39,41-43,45,47-54H2,1-2H3,(H,63,66)/b7-5-,13-11-,19-17-,24-23-,27-26-,30-29-,34-32-,40-38-,46-44-. The summed E-state index contributed by atoms with van der Waals surface area (Å²) in [5.41, 5.74) is 0. The van der Waals surface area contributed by atoms with Crippen molar-refractivity contribution >= 4 is 5.91 Å². The third kappa shape index (κ3) is 40.0. The Labute approximate surface area is 434 Å². The molecule has 9 nitrogen and oxygen atoms in total. The highest BCUT2D eigenvalue weighted by molar-refractivity contribution is 5.76. The Morgan fingerprint density at radius 1 is 0.493 bits per heavy atom. The molecule has 1 aliphatic heterocycles. The smallest absolute Gasteiger partial charge is 0.220 e. The topological polar surface area (TPSA) is 149 Å². The fourth-order valence-electron chi connectivity index (χ4n) is 8.40. The molecule has 1 fully saturated rings. The number of carbonyl (C=O) groups excluding carboxylic acids is 1. The quantitative estimate of drug-likeness (QED) is 0.0261. The molecule has 0 bridgehead atoms. The van der Waals surface area contributed by atoms with Gasteiger partial charge in [0.05, 0.1) is 25.4 Å². The molecule has 1 aliphatic rings. The van der Waals surface area contributed by atoms with Gasteiger partial charge < -0.3 is 40.3 Å². The van der Waals surface area contributed by atoms with Crippen molar-refractivity contribution in [2.75, 3.05) is 13.2 Å². The summed E-state index contributed by atoms with van der Waals surface area (Å²) in [5, 5.41) is 54.6. The number of carbonyl (C=O) groups is 1. The Bertz CT molecular complexity index is 1480. The molecule has 0 radical (unpaired) electrons. The maximum absolute atomic E-state index is 13.0. The number of allylic oxidation sites excluding steroid dienone is 18. The minimum atomic E-state index is -1.57. The van der Waals surface area contributed by atoms with Crippen molar-refractivity contribution in [3.05, 3.63) is 109 Å². The highest BCUT2D eigenvalue weighted by Gasteiger charge is 2.44. The van der Waals surface area contributed by atoms with Crippen LogP contribution in [0.4, 0.5) is 0 Å². The van der Waals surface area contributed by atoms with Crippen molar-refractivity contribution < 1.29 is 39.8 Å². The lowest BCUT2D eigenvalue weighted by Gasteiger charge is -2.40. The first-order valence-electron chi connectivity index (χ1n) is 28.6. The summed E-state index contributed by atoms with van der Waals surface area (Å²) in [6, 6.07) is -0.759. The summed E-state index contributed by atoms with van der Waals surface area (Å²) >= 11 is 0. The number of amides is 1. The Morgan fingerprint density at radius 2 is 0.859 bits per heavy atom. The molecule has 9 heteroatoms. The van der Waals surface area contributed by atoms with Crippen LogP contribution in [-0.2, 0) is 14.3 Å². The predicted octanol–water partition coefficient (Wildman–Crippen LogP) is 14.2. The van der Waals surface area contributed by atoms with E-state index < -0.39 is 49.5 Å². The van der Waals surface area contributed by atoms with Crippen molar-refractivity contribution in [2.45, 2.75) is 262 Å². The van der Waals surface area contributed by atoms with E-state index in [4.69, 9.17) is 9.47 Å². The van der Waals surface area contributed by atoms with Gasteiger partial charge in [-0.3, -0.25) is 4.79 Å². The Balaban J connectivity index is 2.29. The summed E-state index contributed by atoms with van der Waals surface area (Å²) in [5.74, 6) is -0.205. The highest BCUT2D eigenvalue weighted by Crippen LogP contribution is 2.23. The molecule has 6 N–H and O–H groups in total. The zero-order valence-electron chi connectivity index (χ0n) is 44.9. The lowest BCUT2D eigenvalue weighted by atomic mass is 9.99. The number of nitrogens with one attached hydrogen (secondary N) is 1. The molecule has 1 saturated heterocycles. The minimum Gasteiger partial charge on any atom is -0.394 e. The van der Waals surface area contributed by atoms with E-state index in [1.807, 2.05) is 0 Å². The molecule has 406 valence electrons. The summed E-state index contributed by atoms with van der Waals surface area (Å²) < 4.78 is 11.3. The summed E-state index contributed by atoms with van der Waals surface area (Å²) in [4.78, 5) is 13.0. The molecular weight excluding hydrogens is 887 g/mol. The average molecular weight is 993 g/mol. The number of hydrogen-bond donors (Lipinski definition) is 6. The molecule has 1 rings (SSSR count). The summed E-state index contributed by atoms with van der Waals surface area (Å²) in [6.07, 6.45) is 66.8. The Hall–Kier alpha value is -3.15. The normalized spacial score (nSPS) is 20.1. The van der Waals surface area contributed by atoms with Crippen molar-refractivity contribution in [3.63, 3.8) is 0 Å². The SMILES string of the molecule is CC/C=C\C/C=C\C/C=C\C/C=C\C/C=C\C/C=C\C/C=C\C/C=C\C/C=C\CCCC(=O)NC(COC1OC(CO)C(O)C(O)C1O)C(O)CCCCCCCCCCCCCCCCCCCCC. The number of aliphatic hydroxyl groups is 5. The van der Waals surface area contributed by atoms with Gasteiger partial charge >= 0.3 is 0 Å². The van der Waals surface area contributed by atoms with Gasteiger partial charge in [0.25, 0.3) is 0 Å². The fraction of sp³-hybridized carbons (Fsp3) is 0.694. The Kier molecular flexibility index (Phi) is 46.7. The van der Waals surface area contributed by atoms with Gasteiger partial charge in [-0.05, 0) is 77.0 Å². The molecular formula is C62H105NO8. The van der Waals surface area contributed by atoms with Crippen molar-refractivity contribution in [3.8, 4) is 0 Å². The fourth-order valence-corrected chi connectivity index (χ4v) is 8.40. The van der Waals surface area contributed by atoms with Crippen LogP contribution in [0.2, 0.25) is 0 Å². The largest absolute Gasteiger partial charge is 0.394 e. The second-order valence-corrected chi connectivity index (χ2v) is 19.4. The Morgan fingerprint density at radius 3 is 1.24 bits per heavy atom. The van der Waals surface area contributed by atoms with Crippen molar-refractivity contribution in [1.29, 1.82) is 0 Å². The molecule has 71 heavy (non-hydrogen) atoms. The average Bonchev–Trinajstić information content (AvgIpc) is 3.37. The van der Waals surface area contributed by atoms with Crippen molar-refractivity contribution in [1.82, 2.24) is 5.32 Å². The van der Waals surface area contributed by atoms with Crippen LogP contribution < -0.4 is 5.32 Å². The first-order chi connectivity index (χ1) is 34.8. The number of hydrogen-bond acceptors (Lipinski definition) is 8. The van der Waals surface area contributed by atoms with Crippen molar-refractivity contribution in [2.24, 2.45) is 0 Å². The van der Waals surface area contributed by atoms with E-state index >= 15 is 0 Å². The summed E-state index contributed by atoms with van der Waals surface area (Å²) in [7, 11) is 0. The van der Waals surface area contributed by atoms with Gasteiger partial charge in [0.15, 0.2) is 6.29 Å². The predicted molar refractivity (Wildman–Crippen MR) is 299 cm³/mol. The number of aliphatic hydroxyl groups excluding tert-OH is 5. The van der Waals surface area contributed by atoms with Crippen LogP contribution in [0.5, 0.6) is 0 Å². The molecule has 1 heterocycles. The first-order valence-corrected chi connectivity index (χ1v) is 28.6. The third-order valence-corrected chi connectivity index (χ3v) is 12.9. The van der Waals surface area contributed by atoms with Crippen LogP contribution in [0.25, 0.3) is 0 Å². The van der Waals surface area contributed by atoms with Crippen LogP contribution in [-0.4, -0.2) is 87.5 Å². The summed E-state index contributed by atoms with van der Waals surface area (Å²) in [6.45, 7) is 3.69. The van der Waals surface area contributed by atoms with Crippen LogP contribution >= 0.6 is 0 Å². The molecule has 0 spiro atoms. The number of unbranched alkanes of at least 4 members (excludes halogenated alkanes) is 19. The van der Waals surface area contributed by atoms with E-state index in [1.165, 1.54) is 103 Å². The van der Waals surface area contributed by atoms with Gasteiger partial charge in [-0.25, -0.2) is 0 Å². The van der Waals surface area contributed by atoms with E-state index in [1.54, 1.807) is 0 Å². The lowest BCUT2D eigenvalue weighted by molar-refractivity contribution is -0.302. The second-order valence-electron chi connectivity index (χ2n) is 19.4. The molecule has 0 aromatic carbocycles. The molecule has 0 saturated carbocycles. The zero-order chi connectivity index (χ0) is 51.5. The van der Waals surface area contributed by atoms with E-state index in [9.17, 15) is 30.3 Å². The molecule has 0 aromatic heterocycles. The maximum atomic E-state index is 13.0. The minimum absolute atomic E-state index is 0.168. The second kappa shape index (κ2) is 50.4. The van der Waals surface area contributed by atoms with E-state index in [2.05, 4.69) is 129 Å². The van der Waals surface area contributed by atoms with Gasteiger partial charge in [-0.15, -0.1) is 0 Å². The zero-order valence-corrected chi connectivity index (χ0v) is 44.9. The first kappa shape index (κ1) is 65.9. The number of ether oxygens (including phenoxy) is 2. The molecule has 7 unspecified atom stereocenters. The molecule has 0 aliphatic carbocycles. The van der Waals surface area contributed by atoms with Crippen LogP contribution in [0.1, 0.15) is 219 Å². The molecule has 1 amide bonds. The maximum Gasteiger partial charge on any atom is 0.220 e. The van der Waals surface area contributed by atoms with Crippen LogP contribution in [0, 0.1) is 0 Å². The van der Waals surface area contributed by atoms with E-state index in [0.717, 1.165) is 83.5 Å². The van der Waals surface area contributed by atoms with E-state index in [0.29, 0.717) is 12.8 Å². The third-order valence-electron chi connectivity index (χ3n) is 12.9. The lowest BCUT2D eigenvalue weighted by Crippen LogP contribution is -2.60. The van der Waals surface area contributed by atoms with Crippen LogP contribution in [0.15, 0.2) is 109 Å². The highest BCUT2D eigenvalue weighted by atomic mass is 16.7. The van der Waals surface area contributed by atoms with Gasteiger partial charge in [0.1, 0.15) is 24.4 Å². The van der Waals surface area contributed by atoms with E-state index in [-0.39, 0.29) is 18.9 Å². The van der Waals surface area contributed by atoms with Gasteiger partial charge in [-0.1, -0.05) is 245 Å². The van der Waals surface area contributed by atoms with Gasteiger partial charge in [0.2, 0.25) is 5.91 Å². The van der Waals surface area contributed by atoms with Gasteiger partial charge in [0, 0.05) is 6.42 Å². The van der Waals surface area contributed by atoms with Crippen LogP contribution in [0.3, 0.4) is 0 Å². The van der Waals surface area contributed by atoms with Gasteiger partial charge in [-0.2, -0.15) is 0 Å². The monoisotopic (exact) mass is 992 g/mol.